The minimum Gasteiger partial charge on any atom is -0.310 e. The van der Waals surface area contributed by atoms with Crippen molar-refractivity contribution in [3.8, 4) is 0 Å². The quantitative estimate of drug-likeness (QED) is 0.803. The molecule has 0 heterocycles. The highest BCUT2D eigenvalue weighted by Gasteiger charge is 2.17. The van der Waals surface area contributed by atoms with E-state index in [0.717, 1.165) is 15.6 Å². The summed E-state index contributed by atoms with van der Waals surface area (Å²) < 4.78 is 28.4. The highest BCUT2D eigenvalue weighted by molar-refractivity contribution is 9.10. The predicted octanol–water partition coefficient (Wildman–Crippen LogP) is 4.93. The maximum Gasteiger partial charge on any atom is 0.128 e. The number of likely N-dealkylation sites (N-methyl/N-ethyl adjacent to an activating group) is 1. The molecule has 0 radical (unpaired) electrons. The Hall–Kier alpha value is -1.26. The van der Waals surface area contributed by atoms with Gasteiger partial charge in [0, 0.05) is 16.1 Å². The summed E-state index contributed by atoms with van der Waals surface area (Å²) in [5.74, 6) is -0.513. The maximum atomic E-state index is 14.2. The lowest BCUT2D eigenvalue weighted by Gasteiger charge is -2.20. The van der Waals surface area contributed by atoms with Crippen LogP contribution in [-0.2, 0) is 6.42 Å². The minimum atomic E-state index is -0.284. The summed E-state index contributed by atoms with van der Waals surface area (Å²) >= 11 is 3.42. The predicted molar refractivity (Wildman–Crippen MR) is 85.4 cm³/mol. The number of benzene rings is 2. The van der Waals surface area contributed by atoms with Gasteiger partial charge in [0.15, 0.2) is 0 Å². The van der Waals surface area contributed by atoms with Crippen LogP contribution in [0.1, 0.15) is 29.7 Å². The zero-order valence-electron chi connectivity index (χ0n) is 12.1. The second-order valence-corrected chi connectivity index (χ2v) is 5.93. The second-order valence-electron chi connectivity index (χ2n) is 5.08. The van der Waals surface area contributed by atoms with E-state index in [4.69, 9.17) is 0 Å². The van der Waals surface area contributed by atoms with Crippen molar-refractivity contribution in [3.63, 3.8) is 0 Å². The summed E-state index contributed by atoms with van der Waals surface area (Å²) in [6.45, 7) is 4.54. The van der Waals surface area contributed by atoms with Crippen LogP contribution in [0.2, 0.25) is 0 Å². The molecule has 2 aromatic rings. The van der Waals surface area contributed by atoms with Crippen molar-refractivity contribution in [2.45, 2.75) is 26.3 Å². The molecule has 0 aliphatic heterocycles. The fraction of sp³-hybridized carbons (Fsp3) is 0.294. The van der Waals surface area contributed by atoms with E-state index in [0.29, 0.717) is 18.5 Å². The first-order chi connectivity index (χ1) is 10.0. The molecule has 2 aromatic carbocycles. The number of halogens is 3. The molecule has 1 nitrogen and oxygen atoms in total. The van der Waals surface area contributed by atoms with E-state index in [1.807, 2.05) is 19.9 Å². The molecule has 0 spiro atoms. The largest absolute Gasteiger partial charge is 0.310 e. The van der Waals surface area contributed by atoms with E-state index in [-0.39, 0.29) is 17.7 Å². The van der Waals surface area contributed by atoms with Crippen LogP contribution in [0.25, 0.3) is 0 Å². The van der Waals surface area contributed by atoms with E-state index < -0.39 is 0 Å². The molecule has 0 saturated heterocycles. The standard InChI is InChI=1S/C17H18BrF2N/c1-3-21-17(14-6-4-11(2)8-16(14)20)10-12-9-13(19)5-7-15(12)18/h4-9,17,21H,3,10H2,1-2H3. The van der Waals surface area contributed by atoms with Gasteiger partial charge in [0.2, 0.25) is 0 Å². The molecule has 1 N–H and O–H groups in total. The normalized spacial score (nSPS) is 12.4. The Labute approximate surface area is 132 Å². The summed E-state index contributed by atoms with van der Waals surface area (Å²) in [4.78, 5) is 0. The van der Waals surface area contributed by atoms with Crippen molar-refractivity contribution in [1.82, 2.24) is 5.32 Å². The Bertz CT molecular complexity index is 628. The molecular formula is C17H18BrF2N. The summed E-state index contributed by atoms with van der Waals surface area (Å²) in [6, 6.07) is 9.60. The zero-order valence-corrected chi connectivity index (χ0v) is 13.7. The van der Waals surface area contributed by atoms with Gasteiger partial charge >= 0.3 is 0 Å². The first-order valence-electron chi connectivity index (χ1n) is 6.94. The molecule has 112 valence electrons. The van der Waals surface area contributed by atoms with Gasteiger partial charge < -0.3 is 5.32 Å². The molecule has 0 aliphatic rings. The van der Waals surface area contributed by atoms with E-state index in [2.05, 4.69) is 21.2 Å². The summed E-state index contributed by atoms with van der Waals surface area (Å²) in [7, 11) is 0. The summed E-state index contributed by atoms with van der Waals surface area (Å²) in [6.07, 6.45) is 0.520. The Morgan fingerprint density at radius 3 is 2.57 bits per heavy atom. The third-order valence-corrected chi connectivity index (χ3v) is 4.19. The van der Waals surface area contributed by atoms with Crippen molar-refractivity contribution >= 4 is 15.9 Å². The van der Waals surface area contributed by atoms with Crippen LogP contribution in [-0.4, -0.2) is 6.54 Å². The van der Waals surface area contributed by atoms with E-state index >= 15 is 0 Å². The Balaban J connectivity index is 2.32. The lowest BCUT2D eigenvalue weighted by atomic mass is 9.97. The van der Waals surface area contributed by atoms with Gasteiger partial charge in [0.05, 0.1) is 0 Å². The highest BCUT2D eigenvalue weighted by Crippen LogP contribution is 2.26. The molecule has 0 fully saturated rings. The van der Waals surface area contributed by atoms with Crippen LogP contribution >= 0.6 is 15.9 Å². The zero-order chi connectivity index (χ0) is 15.4. The molecule has 0 bridgehead atoms. The lowest BCUT2D eigenvalue weighted by molar-refractivity contribution is 0.507. The average molecular weight is 354 g/mol. The first kappa shape index (κ1) is 16.1. The van der Waals surface area contributed by atoms with Gasteiger partial charge in [-0.3, -0.25) is 0 Å². The van der Waals surface area contributed by atoms with Gasteiger partial charge in [0.1, 0.15) is 11.6 Å². The Kier molecular flexibility index (Phi) is 5.48. The van der Waals surface area contributed by atoms with Crippen LogP contribution in [0, 0.1) is 18.6 Å². The summed E-state index contributed by atoms with van der Waals surface area (Å²) in [5, 5.41) is 3.27. The monoisotopic (exact) mass is 353 g/mol. The van der Waals surface area contributed by atoms with Gasteiger partial charge in [-0.1, -0.05) is 35.0 Å². The van der Waals surface area contributed by atoms with E-state index in [1.54, 1.807) is 12.1 Å². The van der Waals surface area contributed by atoms with Crippen LogP contribution in [0.4, 0.5) is 8.78 Å². The number of aryl methyl sites for hydroxylation is 1. The number of hydrogen-bond acceptors (Lipinski definition) is 1. The van der Waals surface area contributed by atoms with E-state index in [9.17, 15) is 8.78 Å². The summed E-state index contributed by atoms with van der Waals surface area (Å²) in [5.41, 5.74) is 2.32. The molecule has 21 heavy (non-hydrogen) atoms. The SMILES string of the molecule is CCNC(Cc1cc(F)ccc1Br)c1ccc(C)cc1F. The van der Waals surface area contributed by atoms with Crippen LogP contribution in [0.5, 0.6) is 0 Å². The third kappa shape index (κ3) is 4.11. The molecular weight excluding hydrogens is 336 g/mol. The Morgan fingerprint density at radius 1 is 1.14 bits per heavy atom. The fourth-order valence-corrected chi connectivity index (χ4v) is 2.78. The number of hydrogen-bond donors (Lipinski definition) is 1. The smallest absolute Gasteiger partial charge is 0.128 e. The minimum absolute atomic E-state index is 0.186. The van der Waals surface area contributed by atoms with Crippen molar-refractivity contribution in [2.75, 3.05) is 6.54 Å². The molecule has 0 aromatic heterocycles. The number of nitrogens with one attached hydrogen (secondary N) is 1. The molecule has 2 rings (SSSR count). The van der Waals surface area contributed by atoms with Crippen LogP contribution < -0.4 is 5.32 Å². The molecule has 4 heteroatoms. The van der Waals surface area contributed by atoms with Crippen LogP contribution in [0.3, 0.4) is 0 Å². The molecule has 1 atom stereocenters. The fourth-order valence-electron chi connectivity index (χ4n) is 2.37. The molecule has 0 saturated carbocycles. The second kappa shape index (κ2) is 7.14. The lowest BCUT2D eigenvalue weighted by Crippen LogP contribution is -2.24. The highest BCUT2D eigenvalue weighted by atomic mass is 79.9. The topological polar surface area (TPSA) is 12.0 Å². The van der Waals surface area contributed by atoms with Gasteiger partial charge in [-0.05, 0) is 55.3 Å². The molecule has 1 unspecified atom stereocenters. The van der Waals surface area contributed by atoms with Crippen molar-refractivity contribution in [2.24, 2.45) is 0 Å². The molecule has 0 aliphatic carbocycles. The van der Waals surface area contributed by atoms with Crippen molar-refractivity contribution in [1.29, 1.82) is 0 Å². The molecule has 0 amide bonds. The Morgan fingerprint density at radius 2 is 1.90 bits per heavy atom. The van der Waals surface area contributed by atoms with Gasteiger partial charge in [-0.25, -0.2) is 8.78 Å². The van der Waals surface area contributed by atoms with Crippen molar-refractivity contribution in [3.05, 3.63) is 69.2 Å². The van der Waals surface area contributed by atoms with E-state index in [1.165, 1.54) is 18.2 Å². The van der Waals surface area contributed by atoms with Crippen molar-refractivity contribution < 1.29 is 8.78 Å². The van der Waals surface area contributed by atoms with Gasteiger partial charge in [-0.15, -0.1) is 0 Å². The average Bonchev–Trinajstić information content (AvgIpc) is 2.42. The number of rotatable bonds is 5. The maximum absolute atomic E-state index is 14.2. The van der Waals surface area contributed by atoms with Gasteiger partial charge in [-0.2, -0.15) is 0 Å². The third-order valence-electron chi connectivity index (χ3n) is 3.41. The van der Waals surface area contributed by atoms with Gasteiger partial charge in [0.25, 0.3) is 0 Å². The van der Waals surface area contributed by atoms with Crippen LogP contribution in [0.15, 0.2) is 40.9 Å². The first-order valence-corrected chi connectivity index (χ1v) is 7.74.